The van der Waals surface area contributed by atoms with Gasteiger partial charge in [0.2, 0.25) is 17.7 Å². The normalized spacial score (nSPS) is 20.4. The van der Waals surface area contributed by atoms with Crippen LogP contribution >= 0.6 is 0 Å². The van der Waals surface area contributed by atoms with Crippen LogP contribution in [0.15, 0.2) is 34.9 Å². The van der Waals surface area contributed by atoms with Crippen molar-refractivity contribution in [2.24, 2.45) is 11.8 Å². The SMILES string of the molecule is CC1=C(C)C(=O)C(CCN2CCC(C[C@H](NC(=O)[C@@H]3CCCN3C(=O)C/C=C/[C@H](CC(C)C)NC(=O)OC(C)(C)C)C(=O)NC(C)C)CC2)=CC1=O. The topological polar surface area (TPSA) is 154 Å². The summed E-state index contributed by atoms with van der Waals surface area (Å²) in [6.45, 7) is 19.4. The van der Waals surface area contributed by atoms with Crippen molar-refractivity contribution in [1.82, 2.24) is 25.8 Å². The van der Waals surface area contributed by atoms with Gasteiger partial charge in [0.05, 0.1) is 6.04 Å². The summed E-state index contributed by atoms with van der Waals surface area (Å²) in [6.07, 6.45) is 9.18. The fraction of sp³-hybridized carbons (Fsp3) is 0.700. The molecule has 52 heavy (non-hydrogen) atoms. The van der Waals surface area contributed by atoms with Crippen molar-refractivity contribution in [3.8, 4) is 0 Å². The number of amides is 4. The second kappa shape index (κ2) is 19.3. The van der Waals surface area contributed by atoms with E-state index in [1.165, 1.54) is 6.08 Å². The van der Waals surface area contributed by atoms with Gasteiger partial charge in [-0.2, -0.15) is 0 Å². The van der Waals surface area contributed by atoms with Gasteiger partial charge >= 0.3 is 6.09 Å². The Morgan fingerprint density at radius 1 is 0.942 bits per heavy atom. The molecule has 2 fully saturated rings. The number of carbonyl (C=O) groups excluding carboxylic acids is 6. The number of piperidine rings is 1. The number of Topliss-reactive ketones (excluding diaryl/α,β-unsaturated/α-hetero) is 1. The first-order valence-electron chi connectivity index (χ1n) is 19.1. The van der Waals surface area contributed by atoms with Gasteiger partial charge in [0.25, 0.3) is 0 Å². The van der Waals surface area contributed by atoms with Gasteiger partial charge < -0.3 is 30.5 Å². The highest BCUT2D eigenvalue weighted by molar-refractivity contribution is 6.22. The number of hydrogen-bond acceptors (Lipinski definition) is 8. The molecule has 2 saturated heterocycles. The molecule has 0 saturated carbocycles. The largest absolute Gasteiger partial charge is 0.444 e. The second-order valence-corrected chi connectivity index (χ2v) is 16.4. The van der Waals surface area contributed by atoms with Crippen molar-refractivity contribution in [3.63, 3.8) is 0 Å². The van der Waals surface area contributed by atoms with Crippen LogP contribution in [0.1, 0.15) is 114 Å². The van der Waals surface area contributed by atoms with E-state index in [1.807, 2.05) is 19.9 Å². The van der Waals surface area contributed by atoms with Gasteiger partial charge in [-0.25, -0.2) is 4.79 Å². The van der Waals surface area contributed by atoms with Crippen LogP contribution in [-0.2, 0) is 28.7 Å². The van der Waals surface area contributed by atoms with Crippen LogP contribution in [0.5, 0.6) is 0 Å². The third kappa shape index (κ3) is 13.3. The molecule has 0 aromatic carbocycles. The maximum Gasteiger partial charge on any atom is 0.408 e. The highest BCUT2D eigenvalue weighted by Gasteiger charge is 2.36. The quantitative estimate of drug-likeness (QED) is 0.161. The number of ether oxygens (including phenoxy) is 1. The summed E-state index contributed by atoms with van der Waals surface area (Å²) in [5.41, 5.74) is 0.972. The zero-order valence-electron chi connectivity index (χ0n) is 32.9. The van der Waals surface area contributed by atoms with Gasteiger partial charge in [-0.1, -0.05) is 26.0 Å². The molecule has 3 N–H and O–H groups in total. The minimum absolute atomic E-state index is 0.0522. The molecule has 2 heterocycles. The monoisotopic (exact) mass is 725 g/mol. The summed E-state index contributed by atoms with van der Waals surface area (Å²) < 4.78 is 5.41. The van der Waals surface area contributed by atoms with E-state index in [0.29, 0.717) is 67.8 Å². The standard InChI is InChI=1S/C40H63N5O7/c1-25(2)22-31(42-39(51)52-40(7,8)9)12-10-14-35(47)45-18-11-13-33(45)38(50)43-32(37(49)41-26(3)4)23-29-15-19-44(20-16-29)21-17-30-24-34(46)27(5)28(6)36(30)48/h10,12,24-26,29,31-33H,11,13-23H2,1-9H3,(H,41,49)(H,42,51)(H,43,50)/b12-10+/t31-,32+,33+/m1/s1. The van der Waals surface area contributed by atoms with E-state index in [2.05, 4.69) is 34.7 Å². The average Bonchev–Trinajstić information content (AvgIpc) is 3.54. The maximum atomic E-state index is 13.7. The summed E-state index contributed by atoms with van der Waals surface area (Å²) >= 11 is 0. The molecule has 2 aliphatic heterocycles. The summed E-state index contributed by atoms with van der Waals surface area (Å²) in [7, 11) is 0. The summed E-state index contributed by atoms with van der Waals surface area (Å²) in [5.74, 6) is -0.366. The number of nitrogens with one attached hydrogen (secondary N) is 3. The number of rotatable bonds is 15. The van der Waals surface area contributed by atoms with Crippen LogP contribution in [-0.4, -0.2) is 101 Å². The molecule has 0 radical (unpaired) electrons. The van der Waals surface area contributed by atoms with Crippen molar-refractivity contribution >= 4 is 35.4 Å². The lowest BCUT2D eigenvalue weighted by Crippen LogP contribution is -2.54. The lowest BCUT2D eigenvalue weighted by molar-refractivity contribution is -0.139. The van der Waals surface area contributed by atoms with Gasteiger partial charge in [-0.05, 0) is 124 Å². The number of nitrogens with zero attached hydrogens (tertiary/aromatic N) is 2. The molecule has 12 heteroatoms. The minimum Gasteiger partial charge on any atom is -0.444 e. The van der Waals surface area contributed by atoms with Crippen LogP contribution in [0.2, 0.25) is 0 Å². The lowest BCUT2D eigenvalue weighted by atomic mass is 9.88. The number of likely N-dealkylation sites (tertiary alicyclic amines) is 2. The van der Waals surface area contributed by atoms with Crippen LogP contribution < -0.4 is 16.0 Å². The molecule has 0 aromatic heterocycles. The van der Waals surface area contributed by atoms with Crippen molar-refractivity contribution < 1.29 is 33.5 Å². The second-order valence-electron chi connectivity index (χ2n) is 16.4. The Labute approximate surface area is 310 Å². The van der Waals surface area contributed by atoms with Crippen molar-refractivity contribution in [2.75, 3.05) is 26.2 Å². The first kappa shape index (κ1) is 42.6. The molecule has 0 spiro atoms. The van der Waals surface area contributed by atoms with Crippen LogP contribution in [0.25, 0.3) is 0 Å². The number of ketones is 2. The van der Waals surface area contributed by atoms with Gasteiger partial charge in [-0.15, -0.1) is 0 Å². The van der Waals surface area contributed by atoms with E-state index in [1.54, 1.807) is 45.6 Å². The van der Waals surface area contributed by atoms with Crippen LogP contribution in [0.4, 0.5) is 4.79 Å². The molecular weight excluding hydrogens is 662 g/mol. The zero-order chi connectivity index (χ0) is 38.7. The Kier molecular flexibility index (Phi) is 15.8. The van der Waals surface area contributed by atoms with Gasteiger partial charge in [0, 0.05) is 42.3 Å². The minimum atomic E-state index is -0.728. The lowest BCUT2D eigenvalue weighted by Gasteiger charge is -2.34. The Bertz CT molecular complexity index is 1420. The zero-order valence-corrected chi connectivity index (χ0v) is 32.9. The molecule has 0 unspecified atom stereocenters. The highest BCUT2D eigenvalue weighted by atomic mass is 16.6. The van der Waals surface area contributed by atoms with Crippen molar-refractivity contribution in [1.29, 1.82) is 0 Å². The molecule has 12 nitrogen and oxygen atoms in total. The first-order valence-corrected chi connectivity index (χ1v) is 19.1. The van der Waals surface area contributed by atoms with E-state index >= 15 is 0 Å². The third-order valence-electron chi connectivity index (χ3n) is 9.87. The number of carbonyl (C=O) groups is 6. The number of alkyl carbamates (subject to hydrolysis) is 1. The molecule has 1 aliphatic carbocycles. The first-order chi connectivity index (χ1) is 24.3. The van der Waals surface area contributed by atoms with Gasteiger partial charge in [-0.3, -0.25) is 24.0 Å². The van der Waals surface area contributed by atoms with E-state index in [9.17, 15) is 28.8 Å². The Balaban J connectivity index is 1.56. The molecule has 4 amide bonds. The number of allylic oxidation sites excluding steroid dienone is 3. The predicted octanol–water partition coefficient (Wildman–Crippen LogP) is 4.78. The Hall–Kier alpha value is -3.80. The van der Waals surface area contributed by atoms with Gasteiger partial charge in [0.1, 0.15) is 17.7 Å². The molecule has 3 aliphatic rings. The van der Waals surface area contributed by atoms with E-state index in [4.69, 9.17) is 4.74 Å². The summed E-state index contributed by atoms with van der Waals surface area (Å²) in [5, 5.41) is 8.84. The molecule has 3 rings (SSSR count). The fourth-order valence-corrected chi connectivity index (χ4v) is 7.00. The Morgan fingerprint density at radius 2 is 1.62 bits per heavy atom. The van der Waals surface area contributed by atoms with Crippen LogP contribution in [0, 0.1) is 11.8 Å². The smallest absolute Gasteiger partial charge is 0.408 e. The number of hydrogen-bond donors (Lipinski definition) is 3. The third-order valence-corrected chi connectivity index (χ3v) is 9.87. The highest BCUT2D eigenvalue weighted by Crippen LogP contribution is 2.26. The molecule has 3 atom stereocenters. The van der Waals surface area contributed by atoms with E-state index in [0.717, 1.165) is 25.9 Å². The van der Waals surface area contributed by atoms with Crippen molar-refractivity contribution in [2.45, 2.75) is 143 Å². The fourth-order valence-electron chi connectivity index (χ4n) is 7.00. The van der Waals surface area contributed by atoms with E-state index in [-0.39, 0.29) is 53.7 Å². The van der Waals surface area contributed by atoms with Crippen molar-refractivity contribution in [3.05, 3.63) is 34.9 Å². The summed E-state index contributed by atoms with van der Waals surface area (Å²) in [6, 6.07) is -1.79. The van der Waals surface area contributed by atoms with Gasteiger partial charge in [0.15, 0.2) is 11.6 Å². The average molecular weight is 726 g/mol. The van der Waals surface area contributed by atoms with Crippen LogP contribution in [0.3, 0.4) is 0 Å². The molecule has 290 valence electrons. The van der Waals surface area contributed by atoms with E-state index < -0.39 is 23.8 Å². The predicted molar refractivity (Wildman–Crippen MR) is 201 cm³/mol. The Morgan fingerprint density at radius 3 is 2.23 bits per heavy atom. The molecular formula is C40H63N5O7. The molecule has 0 bridgehead atoms. The molecule has 0 aromatic rings. The summed E-state index contributed by atoms with van der Waals surface area (Å²) in [4.78, 5) is 81.6. The maximum absolute atomic E-state index is 13.7.